The standard InChI is InChI=1S/C23H25N7O.2H2/c1-29(12-4-11-24)14-17-7-9-18(10-8-17)15-30-16-19(13-27-30)28-23(31)22(26)20-5-2-3-6-21(20)25;;/h2-3,5-10,13,16,26H,4,12,14-15,25H2,1H3,(H,28,31);2*1H. The van der Waals surface area contributed by atoms with E-state index in [0.29, 0.717) is 29.9 Å². The number of nitrogens with two attached hydrogens (primary N) is 1. The normalized spacial score (nSPS) is 10.6. The lowest BCUT2D eigenvalue weighted by molar-refractivity contribution is -0.110. The van der Waals surface area contributed by atoms with Crippen molar-refractivity contribution in [2.75, 3.05) is 24.6 Å². The van der Waals surface area contributed by atoms with Crippen LogP contribution in [0.3, 0.4) is 0 Å². The molecule has 8 heteroatoms. The minimum Gasteiger partial charge on any atom is -0.398 e. The van der Waals surface area contributed by atoms with Crippen molar-refractivity contribution in [1.29, 1.82) is 10.7 Å². The second-order valence-corrected chi connectivity index (χ2v) is 7.31. The summed E-state index contributed by atoms with van der Waals surface area (Å²) in [4.78, 5) is 14.5. The third-order valence-electron chi connectivity index (χ3n) is 4.77. The Morgan fingerprint density at radius 3 is 2.68 bits per heavy atom. The van der Waals surface area contributed by atoms with Gasteiger partial charge in [0.05, 0.1) is 24.5 Å². The van der Waals surface area contributed by atoms with Gasteiger partial charge in [-0.2, -0.15) is 10.4 Å². The molecule has 0 unspecified atom stereocenters. The molecule has 0 spiro atoms. The molecule has 0 saturated carbocycles. The van der Waals surface area contributed by atoms with Gasteiger partial charge in [0, 0.05) is 39.8 Å². The molecule has 162 valence electrons. The van der Waals surface area contributed by atoms with Gasteiger partial charge in [0.1, 0.15) is 5.71 Å². The predicted molar refractivity (Wildman–Crippen MR) is 125 cm³/mol. The zero-order valence-electron chi connectivity index (χ0n) is 17.4. The number of nitrogens with one attached hydrogen (secondary N) is 2. The molecule has 0 atom stereocenters. The molecule has 0 aliphatic carbocycles. The minimum atomic E-state index is -0.540. The van der Waals surface area contributed by atoms with Crippen LogP contribution in [0.2, 0.25) is 0 Å². The van der Waals surface area contributed by atoms with E-state index < -0.39 is 5.91 Å². The number of carbonyl (C=O) groups is 1. The number of para-hydroxylation sites is 1. The molecule has 3 aromatic rings. The lowest BCUT2D eigenvalue weighted by atomic mass is 10.1. The number of rotatable bonds is 9. The molecule has 0 saturated heterocycles. The molecule has 1 aromatic heterocycles. The highest BCUT2D eigenvalue weighted by molar-refractivity contribution is 6.48. The number of hydrogen-bond acceptors (Lipinski definition) is 6. The molecule has 4 N–H and O–H groups in total. The summed E-state index contributed by atoms with van der Waals surface area (Å²) in [5.41, 5.74) is 9.21. The van der Waals surface area contributed by atoms with Crippen molar-refractivity contribution in [2.24, 2.45) is 0 Å². The maximum absolute atomic E-state index is 12.4. The number of nitrogens with zero attached hydrogens (tertiary/aromatic N) is 4. The first-order valence-electron chi connectivity index (χ1n) is 9.87. The number of benzene rings is 2. The van der Waals surface area contributed by atoms with Crippen molar-refractivity contribution in [2.45, 2.75) is 19.5 Å². The highest BCUT2D eigenvalue weighted by Crippen LogP contribution is 2.14. The van der Waals surface area contributed by atoms with Crippen molar-refractivity contribution < 1.29 is 7.65 Å². The number of anilines is 2. The smallest absolute Gasteiger partial charge is 0.274 e. The Morgan fingerprint density at radius 1 is 1.26 bits per heavy atom. The van der Waals surface area contributed by atoms with Crippen molar-refractivity contribution in [3.05, 3.63) is 77.6 Å². The van der Waals surface area contributed by atoms with E-state index in [2.05, 4.69) is 33.5 Å². The number of hydrogen-bond donors (Lipinski definition) is 3. The van der Waals surface area contributed by atoms with E-state index in [-0.39, 0.29) is 8.56 Å². The number of nitrogen functional groups attached to an aromatic ring is 1. The lowest BCUT2D eigenvalue weighted by Gasteiger charge is -2.15. The van der Waals surface area contributed by atoms with Crippen LogP contribution in [0, 0.1) is 16.7 Å². The highest BCUT2D eigenvalue weighted by Gasteiger charge is 2.15. The fourth-order valence-corrected chi connectivity index (χ4v) is 3.12. The van der Waals surface area contributed by atoms with E-state index in [1.54, 1.807) is 41.3 Å². The van der Waals surface area contributed by atoms with Gasteiger partial charge in [-0.05, 0) is 24.2 Å². The van der Waals surface area contributed by atoms with E-state index in [1.807, 2.05) is 19.2 Å². The zero-order valence-corrected chi connectivity index (χ0v) is 17.4. The molecule has 0 bridgehead atoms. The van der Waals surface area contributed by atoms with Gasteiger partial charge in [0.25, 0.3) is 5.91 Å². The molecule has 0 aliphatic heterocycles. The van der Waals surface area contributed by atoms with Crippen LogP contribution in [-0.4, -0.2) is 39.9 Å². The molecule has 3 rings (SSSR count). The molecule has 0 aliphatic rings. The molecule has 8 nitrogen and oxygen atoms in total. The Morgan fingerprint density at radius 2 is 1.97 bits per heavy atom. The summed E-state index contributed by atoms with van der Waals surface area (Å²) < 4.78 is 1.73. The number of aromatic nitrogens is 2. The van der Waals surface area contributed by atoms with Crippen LogP contribution in [0.1, 0.15) is 26.0 Å². The molecular weight excluding hydrogens is 390 g/mol. The molecule has 0 fully saturated rings. The van der Waals surface area contributed by atoms with Crippen LogP contribution in [0.4, 0.5) is 11.4 Å². The average Bonchev–Trinajstić information content (AvgIpc) is 3.20. The van der Waals surface area contributed by atoms with Gasteiger partial charge in [-0.1, -0.05) is 42.5 Å². The first kappa shape index (κ1) is 21.7. The maximum atomic E-state index is 12.4. The first-order valence-corrected chi connectivity index (χ1v) is 9.87. The van der Waals surface area contributed by atoms with E-state index in [1.165, 1.54) is 5.56 Å². The van der Waals surface area contributed by atoms with Crippen LogP contribution >= 0.6 is 0 Å². The van der Waals surface area contributed by atoms with Gasteiger partial charge >= 0.3 is 0 Å². The quantitative estimate of drug-likeness (QED) is 0.362. The van der Waals surface area contributed by atoms with Crippen molar-refractivity contribution in [3.63, 3.8) is 0 Å². The summed E-state index contributed by atoms with van der Waals surface area (Å²) in [7, 11) is 2.00. The van der Waals surface area contributed by atoms with Gasteiger partial charge in [0.2, 0.25) is 0 Å². The van der Waals surface area contributed by atoms with E-state index >= 15 is 0 Å². The molecule has 2 aromatic carbocycles. The Labute approximate surface area is 184 Å². The van der Waals surface area contributed by atoms with Crippen molar-refractivity contribution >= 4 is 23.0 Å². The Balaban J connectivity index is 0.00000272. The van der Waals surface area contributed by atoms with Gasteiger partial charge < -0.3 is 16.0 Å². The van der Waals surface area contributed by atoms with Gasteiger partial charge in [-0.3, -0.25) is 14.9 Å². The van der Waals surface area contributed by atoms with E-state index in [4.69, 9.17) is 16.4 Å². The summed E-state index contributed by atoms with van der Waals surface area (Å²) in [5.74, 6) is -0.540. The van der Waals surface area contributed by atoms with Gasteiger partial charge in [-0.15, -0.1) is 0 Å². The summed E-state index contributed by atoms with van der Waals surface area (Å²) in [6, 6.07) is 17.2. The fourth-order valence-electron chi connectivity index (χ4n) is 3.12. The number of amides is 1. The molecule has 31 heavy (non-hydrogen) atoms. The largest absolute Gasteiger partial charge is 0.398 e. The Bertz CT molecular complexity index is 1110. The van der Waals surface area contributed by atoms with Crippen molar-refractivity contribution in [3.8, 4) is 6.07 Å². The summed E-state index contributed by atoms with van der Waals surface area (Å²) >= 11 is 0. The summed E-state index contributed by atoms with van der Waals surface area (Å²) in [6.07, 6.45) is 3.80. The molecule has 1 heterocycles. The Hall–Kier alpha value is -3.96. The monoisotopic (exact) mass is 419 g/mol. The number of carbonyl (C=O) groups excluding carboxylic acids is 1. The second kappa shape index (κ2) is 10.2. The van der Waals surface area contributed by atoms with Crippen LogP contribution in [0.25, 0.3) is 0 Å². The maximum Gasteiger partial charge on any atom is 0.274 e. The van der Waals surface area contributed by atoms with Gasteiger partial charge in [0.15, 0.2) is 0 Å². The van der Waals surface area contributed by atoms with E-state index in [0.717, 1.165) is 18.7 Å². The zero-order chi connectivity index (χ0) is 22.2. The lowest BCUT2D eigenvalue weighted by Crippen LogP contribution is -2.23. The Kier molecular flexibility index (Phi) is 7.14. The van der Waals surface area contributed by atoms with Crippen LogP contribution in [0.5, 0.6) is 0 Å². The van der Waals surface area contributed by atoms with Crippen LogP contribution in [0.15, 0.2) is 60.9 Å². The SMILES string of the molecule is CN(CCC#N)Cc1ccc(Cn2cc(NC(=O)C(=N)c3ccccc3N)cn2)cc1.[HH].[HH]. The molecule has 0 radical (unpaired) electrons. The van der Waals surface area contributed by atoms with Crippen LogP contribution in [-0.2, 0) is 17.9 Å². The van der Waals surface area contributed by atoms with Crippen molar-refractivity contribution in [1.82, 2.24) is 14.7 Å². The fraction of sp³-hybridized carbons (Fsp3) is 0.217. The third-order valence-corrected chi connectivity index (χ3v) is 4.77. The van der Waals surface area contributed by atoms with Gasteiger partial charge in [-0.25, -0.2) is 0 Å². The number of nitriles is 1. The predicted octanol–water partition coefficient (Wildman–Crippen LogP) is 3.36. The highest BCUT2D eigenvalue weighted by atomic mass is 16.1. The molecular formula is C23H29N7O. The third kappa shape index (κ3) is 6.01. The first-order chi connectivity index (χ1) is 15.0. The minimum absolute atomic E-state index is 0. The summed E-state index contributed by atoms with van der Waals surface area (Å²) in [5, 5.41) is 23.7. The second-order valence-electron chi connectivity index (χ2n) is 7.31. The average molecular weight is 420 g/mol. The molecule has 1 amide bonds. The summed E-state index contributed by atoms with van der Waals surface area (Å²) in [6.45, 7) is 2.09. The van der Waals surface area contributed by atoms with E-state index in [9.17, 15) is 4.79 Å². The topological polar surface area (TPSA) is 124 Å². The van der Waals surface area contributed by atoms with Crippen LogP contribution < -0.4 is 11.1 Å².